The Balaban J connectivity index is 1.67. The summed E-state index contributed by atoms with van der Waals surface area (Å²) in [5.74, 6) is -4.30. The van der Waals surface area contributed by atoms with Crippen LogP contribution in [-0.4, -0.2) is 65.3 Å². The number of rotatable bonds is 7. The van der Waals surface area contributed by atoms with Gasteiger partial charge in [0.05, 0.1) is 11.5 Å². The van der Waals surface area contributed by atoms with Crippen LogP contribution >= 0.6 is 0 Å². The smallest absolute Gasteiger partial charge is 0.333 e. The van der Waals surface area contributed by atoms with Gasteiger partial charge in [0.2, 0.25) is 17.7 Å². The molecule has 0 unspecified atom stereocenters. The van der Waals surface area contributed by atoms with Crippen molar-refractivity contribution in [2.45, 2.75) is 56.4 Å². The van der Waals surface area contributed by atoms with Gasteiger partial charge in [0.25, 0.3) is 0 Å². The number of likely N-dealkylation sites (tertiary alicyclic amines) is 1. The van der Waals surface area contributed by atoms with E-state index in [0.717, 1.165) is 4.90 Å². The van der Waals surface area contributed by atoms with Gasteiger partial charge in [-0.3, -0.25) is 19.2 Å². The molecule has 2 heterocycles. The van der Waals surface area contributed by atoms with Gasteiger partial charge >= 0.3 is 12.1 Å². The first-order valence-corrected chi connectivity index (χ1v) is 13.1. The minimum atomic E-state index is -5.24. The van der Waals surface area contributed by atoms with E-state index >= 15 is 0 Å². The molecule has 0 aliphatic carbocycles. The van der Waals surface area contributed by atoms with Crippen LogP contribution in [0.25, 0.3) is 0 Å². The molecule has 2 aliphatic rings. The molecule has 2 aliphatic heterocycles. The number of nitrogens with one attached hydrogen (secondary N) is 2. The predicted octanol–water partition coefficient (Wildman–Crippen LogP) is 3.29. The predicted molar refractivity (Wildman–Crippen MR) is 142 cm³/mol. The number of carbonyl (C=O) groups excluding carboxylic acids is 4. The number of fused-ring (bicyclic) bond motifs is 2. The fourth-order valence-electron chi connectivity index (χ4n) is 5.55. The monoisotopic (exact) mass is 569 g/mol. The lowest BCUT2D eigenvalue weighted by molar-refractivity contribution is -0.175. The Labute approximate surface area is 235 Å². The van der Waals surface area contributed by atoms with Crippen molar-refractivity contribution >= 4 is 29.3 Å². The number of hydrogen-bond donors (Lipinski definition) is 2. The number of nitriles is 1. The SMILES string of the molecule is CC(C)C[C@@H](C(=O)N1C[C@]2(C[C@H]1C#N)C(=O)Nc1ccccc12)N(C)C(=O)[C@H](NC(=O)C(F)(F)F)c1ccccc1. The number of benzene rings is 2. The van der Waals surface area contributed by atoms with Crippen LogP contribution in [0.2, 0.25) is 0 Å². The summed E-state index contributed by atoms with van der Waals surface area (Å²) < 4.78 is 39.5. The third kappa shape index (κ3) is 5.62. The summed E-state index contributed by atoms with van der Waals surface area (Å²) in [6, 6.07) is 12.7. The van der Waals surface area contributed by atoms with E-state index in [1.54, 1.807) is 35.6 Å². The standard InChI is InChI=1S/C29H30F3N5O4/c1-17(2)13-22(36(3)25(39)23(18-9-5-4-6-10-18)35-27(41)29(30,31)32)24(38)37-16-28(14-19(37)15-33)20-11-7-8-12-21(20)34-26(28)40/h4-12,17,19,22-23H,13-14,16H2,1-3H3,(H,34,40)(H,35,41)/t19-,22-,23+,28-/m0/s1. The molecule has 0 bridgehead atoms. The molecule has 41 heavy (non-hydrogen) atoms. The summed E-state index contributed by atoms with van der Waals surface area (Å²) in [6.45, 7) is 3.52. The van der Waals surface area contributed by atoms with Gasteiger partial charge in [-0.15, -0.1) is 0 Å². The largest absolute Gasteiger partial charge is 0.471 e. The summed E-state index contributed by atoms with van der Waals surface area (Å²) in [4.78, 5) is 55.1. The number of carbonyl (C=O) groups is 4. The number of nitrogens with zero attached hydrogens (tertiary/aromatic N) is 3. The molecule has 0 aromatic heterocycles. The molecule has 2 aromatic rings. The maximum absolute atomic E-state index is 14.1. The summed E-state index contributed by atoms with van der Waals surface area (Å²) in [7, 11) is 1.29. The van der Waals surface area contributed by atoms with Crippen LogP contribution in [0.1, 0.15) is 43.9 Å². The summed E-state index contributed by atoms with van der Waals surface area (Å²) in [5, 5.41) is 14.6. The quantitative estimate of drug-likeness (QED) is 0.530. The zero-order chi connectivity index (χ0) is 30.1. The zero-order valence-electron chi connectivity index (χ0n) is 22.7. The van der Waals surface area contributed by atoms with Gasteiger partial charge in [-0.2, -0.15) is 18.4 Å². The summed E-state index contributed by atoms with van der Waals surface area (Å²) in [5.41, 5.74) is 0.224. The van der Waals surface area contributed by atoms with Gasteiger partial charge in [0.15, 0.2) is 0 Å². The topological polar surface area (TPSA) is 123 Å². The minimum absolute atomic E-state index is 0.0540. The highest BCUT2D eigenvalue weighted by atomic mass is 19.4. The van der Waals surface area contributed by atoms with Crippen molar-refractivity contribution in [1.29, 1.82) is 5.26 Å². The van der Waals surface area contributed by atoms with E-state index in [0.29, 0.717) is 11.3 Å². The Hall–Kier alpha value is -4.40. The Morgan fingerprint density at radius 1 is 1.15 bits per heavy atom. The number of alkyl halides is 3. The molecular weight excluding hydrogens is 539 g/mol. The highest BCUT2D eigenvalue weighted by molar-refractivity contribution is 6.07. The molecule has 0 saturated carbocycles. The average molecular weight is 570 g/mol. The third-order valence-electron chi connectivity index (χ3n) is 7.62. The molecule has 4 atom stereocenters. The number of anilines is 1. The number of halogens is 3. The number of likely N-dealkylation sites (N-methyl/N-ethyl adjacent to an activating group) is 1. The van der Waals surface area contributed by atoms with E-state index in [-0.39, 0.29) is 36.8 Å². The van der Waals surface area contributed by atoms with Gasteiger partial charge in [0, 0.05) is 25.7 Å². The fraction of sp³-hybridized carbons (Fsp3) is 0.414. The second-order valence-corrected chi connectivity index (χ2v) is 10.8. The first-order valence-electron chi connectivity index (χ1n) is 13.1. The molecule has 9 nitrogen and oxygen atoms in total. The minimum Gasteiger partial charge on any atom is -0.333 e. The first-order chi connectivity index (χ1) is 19.3. The lowest BCUT2D eigenvalue weighted by Gasteiger charge is -2.35. The van der Waals surface area contributed by atoms with Gasteiger partial charge in [0.1, 0.15) is 18.1 Å². The lowest BCUT2D eigenvalue weighted by Crippen LogP contribution is -2.54. The molecule has 2 N–H and O–H groups in total. The maximum Gasteiger partial charge on any atom is 0.471 e. The number of amides is 4. The van der Waals surface area contributed by atoms with E-state index in [4.69, 9.17) is 0 Å². The van der Waals surface area contributed by atoms with E-state index < -0.39 is 47.4 Å². The van der Waals surface area contributed by atoms with Crippen molar-refractivity contribution in [3.05, 3.63) is 65.7 Å². The van der Waals surface area contributed by atoms with Crippen molar-refractivity contribution in [3.8, 4) is 6.07 Å². The van der Waals surface area contributed by atoms with E-state index in [1.165, 1.54) is 36.2 Å². The van der Waals surface area contributed by atoms with Gasteiger partial charge < -0.3 is 20.4 Å². The van der Waals surface area contributed by atoms with Crippen LogP contribution in [0, 0.1) is 17.2 Å². The molecule has 216 valence electrons. The number of para-hydroxylation sites is 1. The van der Waals surface area contributed by atoms with Gasteiger partial charge in [-0.05, 0) is 29.5 Å². The molecular formula is C29H30F3N5O4. The lowest BCUT2D eigenvalue weighted by atomic mass is 9.80. The van der Waals surface area contributed by atoms with Crippen LogP contribution in [0.5, 0.6) is 0 Å². The Morgan fingerprint density at radius 2 is 1.78 bits per heavy atom. The highest BCUT2D eigenvalue weighted by Crippen LogP contribution is 2.46. The van der Waals surface area contributed by atoms with Crippen LogP contribution in [-0.2, 0) is 24.6 Å². The Kier molecular flexibility index (Phi) is 8.10. The van der Waals surface area contributed by atoms with Gasteiger partial charge in [-0.1, -0.05) is 62.4 Å². The van der Waals surface area contributed by atoms with Crippen molar-refractivity contribution in [2.75, 3.05) is 18.9 Å². The van der Waals surface area contributed by atoms with E-state index in [9.17, 15) is 37.6 Å². The third-order valence-corrected chi connectivity index (χ3v) is 7.62. The molecule has 1 saturated heterocycles. The van der Waals surface area contributed by atoms with Crippen molar-refractivity contribution < 1.29 is 32.3 Å². The average Bonchev–Trinajstić information content (AvgIpc) is 3.46. The molecule has 1 spiro atoms. The fourth-order valence-corrected chi connectivity index (χ4v) is 5.55. The second kappa shape index (κ2) is 11.2. The van der Waals surface area contributed by atoms with Crippen molar-refractivity contribution in [2.24, 2.45) is 5.92 Å². The normalized spacial score (nSPS) is 21.2. The molecule has 1 fully saturated rings. The van der Waals surface area contributed by atoms with E-state index in [1.807, 2.05) is 13.8 Å². The maximum atomic E-state index is 14.1. The molecule has 0 radical (unpaired) electrons. The molecule has 4 rings (SSSR count). The van der Waals surface area contributed by atoms with Crippen LogP contribution in [0.3, 0.4) is 0 Å². The molecule has 4 amide bonds. The van der Waals surface area contributed by atoms with Crippen LogP contribution < -0.4 is 10.6 Å². The highest BCUT2D eigenvalue weighted by Gasteiger charge is 2.57. The summed E-state index contributed by atoms with van der Waals surface area (Å²) >= 11 is 0. The molecule has 12 heteroatoms. The Bertz CT molecular complexity index is 1390. The Morgan fingerprint density at radius 3 is 2.39 bits per heavy atom. The van der Waals surface area contributed by atoms with E-state index in [2.05, 4.69) is 11.4 Å². The zero-order valence-corrected chi connectivity index (χ0v) is 22.7. The summed E-state index contributed by atoms with van der Waals surface area (Å²) in [6.07, 6.45) is -5.06. The second-order valence-electron chi connectivity index (χ2n) is 10.8. The first kappa shape index (κ1) is 29.6. The van der Waals surface area contributed by atoms with Crippen molar-refractivity contribution in [1.82, 2.24) is 15.1 Å². The van der Waals surface area contributed by atoms with Crippen LogP contribution in [0.15, 0.2) is 54.6 Å². The van der Waals surface area contributed by atoms with Crippen molar-refractivity contribution in [3.63, 3.8) is 0 Å². The number of hydrogen-bond acceptors (Lipinski definition) is 5. The van der Waals surface area contributed by atoms with Gasteiger partial charge in [-0.25, -0.2) is 0 Å². The molecule has 2 aromatic carbocycles. The van der Waals surface area contributed by atoms with Crippen LogP contribution in [0.4, 0.5) is 18.9 Å².